The van der Waals surface area contributed by atoms with Crippen molar-refractivity contribution in [1.82, 2.24) is 0 Å². The van der Waals surface area contributed by atoms with Crippen molar-refractivity contribution in [2.45, 2.75) is 18.4 Å². The first kappa shape index (κ1) is 10.2. The van der Waals surface area contributed by atoms with Crippen molar-refractivity contribution >= 4 is 0 Å². The molecule has 0 aromatic heterocycles. The summed E-state index contributed by atoms with van der Waals surface area (Å²) in [6.45, 7) is 0.430. The molecule has 0 saturated heterocycles. The Kier molecular flexibility index (Phi) is 2.52. The van der Waals surface area contributed by atoms with Gasteiger partial charge in [-0.2, -0.15) is 0 Å². The quantitative estimate of drug-likeness (QED) is 0.824. The van der Waals surface area contributed by atoms with Crippen molar-refractivity contribution in [3.8, 4) is 11.5 Å². The fraction of sp³-hybridized carbons (Fsp3) is 0.455. The van der Waals surface area contributed by atoms with Gasteiger partial charge in [0.1, 0.15) is 23.9 Å². The van der Waals surface area contributed by atoms with Crippen molar-refractivity contribution < 1.29 is 13.9 Å². The van der Waals surface area contributed by atoms with Crippen LogP contribution in [-0.4, -0.2) is 19.3 Å². The van der Waals surface area contributed by atoms with Gasteiger partial charge in [0.25, 0.3) is 0 Å². The summed E-state index contributed by atoms with van der Waals surface area (Å²) < 4.78 is 23.4. The molecule has 0 heterocycles. The van der Waals surface area contributed by atoms with E-state index in [0.29, 0.717) is 18.1 Å². The standard InChI is InChI=1S/C11H14FNO2/c1-14-9-4-8(12)5-10(6-9)15-7-11(13)2-3-11/h4-6H,2-3,7,13H2,1H3. The highest BCUT2D eigenvalue weighted by Gasteiger charge is 2.39. The van der Waals surface area contributed by atoms with Gasteiger partial charge in [0.2, 0.25) is 0 Å². The summed E-state index contributed by atoms with van der Waals surface area (Å²) in [4.78, 5) is 0. The molecule has 4 heteroatoms. The summed E-state index contributed by atoms with van der Waals surface area (Å²) in [5, 5.41) is 0. The van der Waals surface area contributed by atoms with Gasteiger partial charge in [0.05, 0.1) is 12.6 Å². The third kappa shape index (κ3) is 2.59. The van der Waals surface area contributed by atoms with E-state index in [1.807, 2.05) is 0 Å². The minimum absolute atomic E-state index is 0.195. The van der Waals surface area contributed by atoms with E-state index in [9.17, 15) is 4.39 Å². The number of rotatable bonds is 4. The number of methoxy groups -OCH3 is 1. The topological polar surface area (TPSA) is 44.5 Å². The summed E-state index contributed by atoms with van der Waals surface area (Å²) >= 11 is 0. The number of benzene rings is 1. The largest absolute Gasteiger partial charge is 0.497 e. The van der Waals surface area contributed by atoms with E-state index >= 15 is 0 Å². The summed E-state index contributed by atoms with van der Waals surface area (Å²) in [5.41, 5.74) is 5.66. The normalized spacial score (nSPS) is 17.3. The number of ether oxygens (including phenoxy) is 2. The predicted molar refractivity (Wildman–Crippen MR) is 54.6 cm³/mol. The van der Waals surface area contributed by atoms with Crippen LogP contribution in [0.15, 0.2) is 18.2 Å². The highest BCUT2D eigenvalue weighted by Crippen LogP contribution is 2.33. The zero-order valence-corrected chi connectivity index (χ0v) is 8.63. The molecular weight excluding hydrogens is 197 g/mol. The first-order chi connectivity index (χ1) is 7.11. The molecule has 1 aromatic rings. The molecule has 0 amide bonds. The van der Waals surface area contributed by atoms with Crippen LogP contribution in [0.2, 0.25) is 0 Å². The maximum Gasteiger partial charge on any atom is 0.130 e. The van der Waals surface area contributed by atoms with Crippen LogP contribution in [-0.2, 0) is 0 Å². The molecule has 2 N–H and O–H groups in total. The van der Waals surface area contributed by atoms with E-state index in [4.69, 9.17) is 15.2 Å². The molecule has 0 unspecified atom stereocenters. The lowest BCUT2D eigenvalue weighted by Crippen LogP contribution is -2.29. The summed E-state index contributed by atoms with van der Waals surface area (Å²) in [6.07, 6.45) is 1.94. The first-order valence-corrected chi connectivity index (χ1v) is 4.88. The Morgan fingerprint density at radius 2 is 2.00 bits per heavy atom. The van der Waals surface area contributed by atoms with Crippen LogP contribution < -0.4 is 15.2 Å². The molecule has 3 nitrogen and oxygen atoms in total. The minimum atomic E-state index is -0.369. The Bertz CT molecular complexity index is 364. The van der Waals surface area contributed by atoms with Gasteiger partial charge >= 0.3 is 0 Å². The molecule has 1 aliphatic carbocycles. The zero-order valence-electron chi connectivity index (χ0n) is 8.63. The molecule has 0 bridgehead atoms. The van der Waals surface area contributed by atoms with Crippen LogP contribution in [0.1, 0.15) is 12.8 Å². The summed E-state index contributed by atoms with van der Waals surface area (Å²) in [7, 11) is 1.49. The number of hydrogen-bond acceptors (Lipinski definition) is 3. The SMILES string of the molecule is COc1cc(F)cc(OCC2(N)CC2)c1. The third-order valence-electron chi connectivity index (χ3n) is 2.50. The highest BCUT2D eigenvalue weighted by molar-refractivity contribution is 5.34. The molecule has 1 fully saturated rings. The van der Waals surface area contributed by atoms with Crippen LogP contribution in [0.5, 0.6) is 11.5 Å². The van der Waals surface area contributed by atoms with Crippen LogP contribution >= 0.6 is 0 Å². The van der Waals surface area contributed by atoms with Gasteiger partial charge in [-0.05, 0) is 12.8 Å². The summed E-state index contributed by atoms with van der Waals surface area (Å²) in [5.74, 6) is 0.543. The number of hydrogen-bond donors (Lipinski definition) is 1. The molecule has 1 aromatic carbocycles. The second-order valence-electron chi connectivity index (χ2n) is 3.98. The Balaban J connectivity index is 2.03. The van der Waals surface area contributed by atoms with Crippen LogP contribution in [0, 0.1) is 5.82 Å². The van der Waals surface area contributed by atoms with Gasteiger partial charge < -0.3 is 15.2 Å². The molecular formula is C11H14FNO2. The van der Waals surface area contributed by atoms with Gasteiger partial charge in [-0.25, -0.2) is 4.39 Å². The summed E-state index contributed by atoms with van der Waals surface area (Å²) in [6, 6.07) is 4.28. The smallest absolute Gasteiger partial charge is 0.130 e. The molecule has 1 saturated carbocycles. The Hall–Kier alpha value is -1.29. The second kappa shape index (κ2) is 3.70. The molecule has 82 valence electrons. The zero-order chi connectivity index (χ0) is 10.9. The van der Waals surface area contributed by atoms with Crippen molar-refractivity contribution in [3.05, 3.63) is 24.0 Å². The van der Waals surface area contributed by atoms with E-state index < -0.39 is 0 Å². The van der Waals surface area contributed by atoms with E-state index in [1.165, 1.54) is 19.2 Å². The van der Waals surface area contributed by atoms with Gasteiger partial charge in [-0.15, -0.1) is 0 Å². The van der Waals surface area contributed by atoms with Crippen molar-refractivity contribution in [2.24, 2.45) is 5.73 Å². The molecule has 0 radical (unpaired) electrons. The van der Waals surface area contributed by atoms with Crippen LogP contribution in [0.3, 0.4) is 0 Å². The molecule has 0 spiro atoms. The van der Waals surface area contributed by atoms with Gasteiger partial charge in [0, 0.05) is 18.2 Å². The first-order valence-electron chi connectivity index (χ1n) is 4.88. The lowest BCUT2D eigenvalue weighted by atomic mass is 10.3. The van der Waals surface area contributed by atoms with E-state index in [2.05, 4.69) is 0 Å². The Labute approximate surface area is 88.0 Å². The third-order valence-corrected chi connectivity index (χ3v) is 2.50. The van der Waals surface area contributed by atoms with Crippen LogP contribution in [0.25, 0.3) is 0 Å². The van der Waals surface area contributed by atoms with Gasteiger partial charge in [-0.3, -0.25) is 0 Å². The minimum Gasteiger partial charge on any atom is -0.497 e. The highest BCUT2D eigenvalue weighted by atomic mass is 19.1. The van der Waals surface area contributed by atoms with Crippen LogP contribution in [0.4, 0.5) is 4.39 Å². The lowest BCUT2D eigenvalue weighted by molar-refractivity contribution is 0.276. The average Bonchev–Trinajstić information content (AvgIpc) is 2.94. The molecule has 15 heavy (non-hydrogen) atoms. The lowest BCUT2D eigenvalue weighted by Gasteiger charge is -2.11. The molecule has 2 rings (SSSR count). The molecule has 0 atom stereocenters. The Morgan fingerprint density at radius 1 is 1.33 bits per heavy atom. The maximum absolute atomic E-state index is 13.1. The second-order valence-corrected chi connectivity index (χ2v) is 3.98. The number of halogens is 1. The van der Waals surface area contributed by atoms with Crippen molar-refractivity contribution in [2.75, 3.05) is 13.7 Å². The molecule has 0 aliphatic heterocycles. The van der Waals surface area contributed by atoms with Gasteiger partial charge in [-0.1, -0.05) is 0 Å². The van der Waals surface area contributed by atoms with Gasteiger partial charge in [0.15, 0.2) is 0 Å². The average molecular weight is 211 g/mol. The molecule has 1 aliphatic rings. The van der Waals surface area contributed by atoms with E-state index in [0.717, 1.165) is 12.8 Å². The van der Waals surface area contributed by atoms with E-state index in [-0.39, 0.29) is 11.4 Å². The fourth-order valence-electron chi connectivity index (χ4n) is 1.27. The predicted octanol–water partition coefficient (Wildman–Crippen LogP) is 1.70. The fourth-order valence-corrected chi connectivity index (χ4v) is 1.27. The Morgan fingerprint density at radius 3 is 2.60 bits per heavy atom. The monoisotopic (exact) mass is 211 g/mol. The van der Waals surface area contributed by atoms with Crippen molar-refractivity contribution in [1.29, 1.82) is 0 Å². The maximum atomic E-state index is 13.1. The van der Waals surface area contributed by atoms with Crippen molar-refractivity contribution in [3.63, 3.8) is 0 Å². The number of nitrogens with two attached hydrogens (primary N) is 1. The van der Waals surface area contributed by atoms with E-state index in [1.54, 1.807) is 6.07 Å².